The molecule has 0 aliphatic heterocycles. The molecule has 0 aliphatic rings. The van der Waals surface area contributed by atoms with Crippen LogP contribution >= 0.6 is 11.6 Å². The second-order valence-electron chi connectivity index (χ2n) is 6.56. The summed E-state index contributed by atoms with van der Waals surface area (Å²) in [6, 6.07) is 18.0. The first-order valence-corrected chi connectivity index (χ1v) is 10.1. The van der Waals surface area contributed by atoms with Crippen LogP contribution in [0.5, 0.6) is 11.5 Å². The lowest BCUT2D eigenvalue weighted by Gasteiger charge is -2.12. The average Bonchev–Trinajstić information content (AvgIpc) is 2.80. The van der Waals surface area contributed by atoms with Crippen LogP contribution in [0.25, 0.3) is 0 Å². The summed E-state index contributed by atoms with van der Waals surface area (Å²) in [6.45, 7) is 2.66. The molecule has 0 fully saturated rings. The Kier molecular flexibility index (Phi) is 7.77. The van der Waals surface area contributed by atoms with Gasteiger partial charge in [0.1, 0.15) is 6.61 Å². The molecule has 3 rings (SSSR count). The van der Waals surface area contributed by atoms with Crippen molar-refractivity contribution in [1.82, 2.24) is 5.43 Å². The largest absolute Gasteiger partial charge is 0.490 e. The van der Waals surface area contributed by atoms with Crippen LogP contribution in [0.15, 0.2) is 71.8 Å². The molecular formula is C23H20ClN3O5. The van der Waals surface area contributed by atoms with E-state index in [2.05, 4.69) is 10.5 Å². The first kappa shape index (κ1) is 22.8. The molecule has 0 aliphatic carbocycles. The van der Waals surface area contributed by atoms with E-state index in [1.165, 1.54) is 30.5 Å². The van der Waals surface area contributed by atoms with Crippen molar-refractivity contribution < 1.29 is 19.2 Å². The number of hydrazone groups is 1. The van der Waals surface area contributed by atoms with Crippen molar-refractivity contribution in [1.29, 1.82) is 0 Å². The number of ether oxygens (including phenoxy) is 2. The molecule has 0 spiro atoms. The first-order valence-electron chi connectivity index (χ1n) is 9.68. The standard InChI is InChI=1S/C23H20ClN3O5/c1-2-31-22-12-17(8-11-21(22)32-15-16-6-9-19(24)10-7-16)14-25-26-23(28)18-4-3-5-20(13-18)27(29)30/h3-14H,2,15H2,1H3,(H,26,28). The molecule has 1 N–H and O–H groups in total. The summed E-state index contributed by atoms with van der Waals surface area (Å²) in [6.07, 6.45) is 1.45. The summed E-state index contributed by atoms with van der Waals surface area (Å²) in [5.41, 5.74) is 3.96. The lowest BCUT2D eigenvalue weighted by atomic mass is 10.2. The Morgan fingerprint density at radius 3 is 2.59 bits per heavy atom. The molecule has 9 heteroatoms. The third-order valence-corrected chi connectivity index (χ3v) is 4.53. The van der Waals surface area contributed by atoms with E-state index in [9.17, 15) is 14.9 Å². The number of halogens is 1. The van der Waals surface area contributed by atoms with E-state index >= 15 is 0 Å². The molecule has 3 aromatic carbocycles. The number of hydrogen-bond acceptors (Lipinski definition) is 6. The molecule has 164 valence electrons. The Labute approximate surface area is 189 Å². The number of amides is 1. The Balaban J connectivity index is 1.65. The predicted molar refractivity (Wildman–Crippen MR) is 122 cm³/mol. The van der Waals surface area contributed by atoms with Gasteiger partial charge in [-0.25, -0.2) is 5.43 Å². The normalized spacial score (nSPS) is 10.7. The summed E-state index contributed by atoms with van der Waals surface area (Å²) in [7, 11) is 0. The minimum Gasteiger partial charge on any atom is -0.490 e. The lowest BCUT2D eigenvalue weighted by molar-refractivity contribution is -0.384. The van der Waals surface area contributed by atoms with Crippen LogP contribution in [-0.2, 0) is 6.61 Å². The van der Waals surface area contributed by atoms with Gasteiger partial charge in [0.05, 0.1) is 17.7 Å². The van der Waals surface area contributed by atoms with E-state index in [0.29, 0.717) is 35.3 Å². The van der Waals surface area contributed by atoms with Crippen molar-refractivity contribution in [2.24, 2.45) is 5.10 Å². The van der Waals surface area contributed by atoms with Crippen LogP contribution in [0.2, 0.25) is 5.02 Å². The molecule has 0 atom stereocenters. The smallest absolute Gasteiger partial charge is 0.271 e. The molecule has 0 heterocycles. The number of benzene rings is 3. The molecule has 0 radical (unpaired) electrons. The van der Waals surface area contributed by atoms with Crippen LogP contribution in [-0.4, -0.2) is 23.7 Å². The molecule has 8 nitrogen and oxygen atoms in total. The van der Waals surface area contributed by atoms with Gasteiger partial charge >= 0.3 is 0 Å². The quantitative estimate of drug-likeness (QED) is 0.279. The van der Waals surface area contributed by atoms with Crippen molar-refractivity contribution in [3.05, 3.63) is 98.6 Å². The maximum atomic E-state index is 12.2. The topological polar surface area (TPSA) is 103 Å². The number of rotatable bonds is 9. The van der Waals surface area contributed by atoms with Crippen LogP contribution < -0.4 is 14.9 Å². The maximum absolute atomic E-state index is 12.2. The van der Waals surface area contributed by atoms with Gasteiger partial charge < -0.3 is 9.47 Å². The number of nitro benzene ring substituents is 1. The molecular weight excluding hydrogens is 434 g/mol. The van der Waals surface area contributed by atoms with E-state index in [1.807, 2.05) is 19.1 Å². The zero-order valence-electron chi connectivity index (χ0n) is 17.2. The Bertz CT molecular complexity index is 1130. The molecule has 3 aromatic rings. The fraction of sp³-hybridized carbons (Fsp3) is 0.130. The van der Waals surface area contributed by atoms with Gasteiger partial charge in [0.15, 0.2) is 11.5 Å². The highest BCUT2D eigenvalue weighted by Gasteiger charge is 2.11. The van der Waals surface area contributed by atoms with Crippen LogP contribution in [0.3, 0.4) is 0 Å². The van der Waals surface area contributed by atoms with Crippen LogP contribution in [0, 0.1) is 10.1 Å². The molecule has 0 bridgehead atoms. The van der Waals surface area contributed by atoms with Gasteiger partial charge in [0.2, 0.25) is 0 Å². The second kappa shape index (κ2) is 10.9. The number of nitro groups is 1. The van der Waals surface area contributed by atoms with Gasteiger partial charge in [-0.1, -0.05) is 29.8 Å². The number of nitrogens with zero attached hydrogens (tertiary/aromatic N) is 2. The zero-order chi connectivity index (χ0) is 22.9. The molecule has 0 unspecified atom stereocenters. The summed E-state index contributed by atoms with van der Waals surface area (Å²) in [5, 5.41) is 15.4. The average molecular weight is 454 g/mol. The molecule has 0 aromatic heterocycles. The van der Waals surface area contributed by atoms with E-state index in [1.54, 1.807) is 30.3 Å². The zero-order valence-corrected chi connectivity index (χ0v) is 17.9. The van der Waals surface area contributed by atoms with Crippen molar-refractivity contribution in [3.63, 3.8) is 0 Å². The fourth-order valence-electron chi connectivity index (χ4n) is 2.72. The van der Waals surface area contributed by atoms with Gasteiger partial charge in [-0.05, 0) is 54.4 Å². The molecule has 0 saturated carbocycles. The van der Waals surface area contributed by atoms with Gasteiger partial charge in [-0.15, -0.1) is 0 Å². The highest BCUT2D eigenvalue weighted by atomic mass is 35.5. The third-order valence-electron chi connectivity index (χ3n) is 4.27. The summed E-state index contributed by atoms with van der Waals surface area (Å²) in [4.78, 5) is 22.5. The molecule has 32 heavy (non-hydrogen) atoms. The van der Waals surface area contributed by atoms with Crippen molar-refractivity contribution in [2.75, 3.05) is 6.61 Å². The van der Waals surface area contributed by atoms with Gasteiger partial charge in [-0.3, -0.25) is 14.9 Å². The third kappa shape index (κ3) is 6.29. The summed E-state index contributed by atoms with van der Waals surface area (Å²) < 4.78 is 11.5. The van der Waals surface area contributed by atoms with E-state index in [-0.39, 0.29) is 11.3 Å². The Morgan fingerprint density at radius 2 is 1.88 bits per heavy atom. The molecule has 1 amide bonds. The van der Waals surface area contributed by atoms with Gasteiger partial charge in [0.25, 0.3) is 11.6 Å². The highest BCUT2D eigenvalue weighted by molar-refractivity contribution is 6.30. The van der Waals surface area contributed by atoms with Crippen molar-refractivity contribution in [3.8, 4) is 11.5 Å². The predicted octanol–water partition coefficient (Wildman–Crippen LogP) is 4.99. The molecule has 0 saturated heterocycles. The van der Waals surface area contributed by atoms with E-state index in [4.69, 9.17) is 21.1 Å². The number of carbonyl (C=O) groups excluding carboxylic acids is 1. The number of hydrogen-bond donors (Lipinski definition) is 1. The SMILES string of the molecule is CCOc1cc(C=NNC(=O)c2cccc([N+](=O)[O-])c2)ccc1OCc1ccc(Cl)cc1. The number of carbonyl (C=O) groups is 1. The van der Waals surface area contributed by atoms with Crippen LogP contribution in [0.4, 0.5) is 5.69 Å². The summed E-state index contributed by atoms with van der Waals surface area (Å²) >= 11 is 5.90. The van der Waals surface area contributed by atoms with E-state index in [0.717, 1.165) is 5.56 Å². The Morgan fingerprint density at radius 1 is 1.09 bits per heavy atom. The van der Waals surface area contributed by atoms with Gasteiger partial charge in [0, 0.05) is 22.7 Å². The lowest BCUT2D eigenvalue weighted by Crippen LogP contribution is -2.17. The highest BCUT2D eigenvalue weighted by Crippen LogP contribution is 2.29. The number of non-ortho nitro benzene ring substituents is 1. The van der Waals surface area contributed by atoms with Gasteiger partial charge in [-0.2, -0.15) is 5.10 Å². The minimum atomic E-state index is -0.564. The summed E-state index contributed by atoms with van der Waals surface area (Å²) in [5.74, 6) is 0.549. The van der Waals surface area contributed by atoms with Crippen molar-refractivity contribution >= 4 is 29.4 Å². The maximum Gasteiger partial charge on any atom is 0.271 e. The van der Waals surface area contributed by atoms with E-state index < -0.39 is 10.8 Å². The first-order chi connectivity index (χ1) is 15.5. The second-order valence-corrected chi connectivity index (χ2v) is 7.00. The Hall–Kier alpha value is -3.91. The minimum absolute atomic E-state index is 0.136. The number of nitrogens with one attached hydrogen (secondary N) is 1. The monoisotopic (exact) mass is 453 g/mol. The van der Waals surface area contributed by atoms with Crippen LogP contribution in [0.1, 0.15) is 28.4 Å². The fourth-order valence-corrected chi connectivity index (χ4v) is 2.85. The van der Waals surface area contributed by atoms with Crippen molar-refractivity contribution in [2.45, 2.75) is 13.5 Å².